The lowest BCUT2D eigenvalue weighted by atomic mass is 10.2. The molecule has 7 heteroatoms. The van der Waals surface area contributed by atoms with E-state index in [0.29, 0.717) is 17.1 Å². The van der Waals surface area contributed by atoms with Gasteiger partial charge in [-0.3, -0.25) is 4.79 Å². The highest BCUT2D eigenvalue weighted by molar-refractivity contribution is 5.93. The number of carbonyl (C=O) groups is 1. The van der Waals surface area contributed by atoms with E-state index in [-0.39, 0.29) is 18.1 Å². The number of fused-ring (bicyclic) bond motifs is 1. The van der Waals surface area contributed by atoms with Crippen molar-refractivity contribution in [1.29, 1.82) is 0 Å². The van der Waals surface area contributed by atoms with Crippen LogP contribution in [0.15, 0.2) is 65.5 Å². The molecule has 0 atom stereocenters. The number of aromatic nitrogens is 2. The molecule has 4 rings (SSSR count). The normalized spacial score (nSPS) is 11.0. The number of amides is 1. The average molecular weight is 350 g/mol. The van der Waals surface area contributed by atoms with Gasteiger partial charge in [-0.1, -0.05) is 24.3 Å². The predicted octanol–water partition coefficient (Wildman–Crippen LogP) is 3.66. The Labute approximate surface area is 148 Å². The van der Waals surface area contributed by atoms with Crippen molar-refractivity contribution >= 4 is 28.3 Å². The summed E-state index contributed by atoms with van der Waals surface area (Å²) in [4.78, 5) is 17.1. The molecule has 0 aliphatic heterocycles. The predicted molar refractivity (Wildman–Crippen MR) is 96.9 cm³/mol. The average Bonchev–Trinajstić information content (AvgIpc) is 3.21. The maximum atomic E-state index is 13.8. The second-order valence-corrected chi connectivity index (χ2v) is 5.78. The number of benzene rings is 2. The van der Waals surface area contributed by atoms with Crippen LogP contribution in [0.1, 0.15) is 0 Å². The number of imidazole rings is 1. The van der Waals surface area contributed by atoms with Crippen LogP contribution < -0.4 is 11.1 Å². The molecule has 0 aliphatic carbocycles. The molecule has 0 bridgehead atoms. The SMILES string of the molecule is Nc1cocc1-c1nc2ccccc2n1CC(=O)Nc1ccccc1F. The van der Waals surface area contributed by atoms with Crippen molar-refractivity contribution in [3.8, 4) is 11.4 Å². The van der Waals surface area contributed by atoms with E-state index >= 15 is 0 Å². The van der Waals surface area contributed by atoms with E-state index < -0.39 is 5.82 Å². The Hall–Kier alpha value is -3.61. The van der Waals surface area contributed by atoms with Gasteiger partial charge in [0.1, 0.15) is 30.7 Å². The molecule has 2 aromatic heterocycles. The molecule has 4 aromatic rings. The largest absolute Gasteiger partial charge is 0.470 e. The first-order chi connectivity index (χ1) is 12.6. The lowest BCUT2D eigenvalue weighted by molar-refractivity contribution is -0.116. The van der Waals surface area contributed by atoms with Crippen molar-refractivity contribution in [2.45, 2.75) is 6.54 Å². The van der Waals surface area contributed by atoms with Gasteiger partial charge in [0, 0.05) is 0 Å². The second-order valence-electron chi connectivity index (χ2n) is 5.78. The first-order valence-electron chi connectivity index (χ1n) is 7.95. The minimum absolute atomic E-state index is 0.0468. The lowest BCUT2D eigenvalue weighted by Crippen LogP contribution is -2.20. The maximum Gasteiger partial charge on any atom is 0.244 e. The number of nitrogens with one attached hydrogen (secondary N) is 1. The van der Waals surface area contributed by atoms with E-state index in [2.05, 4.69) is 10.3 Å². The molecule has 2 heterocycles. The molecular weight excluding hydrogens is 335 g/mol. The van der Waals surface area contributed by atoms with Crippen LogP contribution in [0.4, 0.5) is 15.8 Å². The van der Waals surface area contributed by atoms with Gasteiger partial charge in [0.2, 0.25) is 5.91 Å². The van der Waals surface area contributed by atoms with E-state index in [9.17, 15) is 9.18 Å². The molecular formula is C19H15FN4O2. The van der Waals surface area contributed by atoms with Crippen molar-refractivity contribution in [1.82, 2.24) is 9.55 Å². The second kappa shape index (κ2) is 6.36. The van der Waals surface area contributed by atoms with Gasteiger partial charge in [-0.2, -0.15) is 0 Å². The molecule has 0 fully saturated rings. The molecule has 0 spiro atoms. The third-order valence-electron chi connectivity index (χ3n) is 4.04. The molecule has 1 amide bonds. The fourth-order valence-electron chi connectivity index (χ4n) is 2.83. The summed E-state index contributed by atoms with van der Waals surface area (Å²) in [6.07, 6.45) is 2.90. The smallest absolute Gasteiger partial charge is 0.244 e. The van der Waals surface area contributed by atoms with Gasteiger partial charge in [-0.15, -0.1) is 0 Å². The molecule has 0 saturated carbocycles. The van der Waals surface area contributed by atoms with Gasteiger partial charge >= 0.3 is 0 Å². The van der Waals surface area contributed by atoms with Gasteiger partial charge in [0.05, 0.1) is 28.0 Å². The highest BCUT2D eigenvalue weighted by Crippen LogP contribution is 2.29. The zero-order valence-electron chi connectivity index (χ0n) is 13.6. The highest BCUT2D eigenvalue weighted by atomic mass is 19.1. The van der Waals surface area contributed by atoms with Gasteiger partial charge < -0.3 is 20.0 Å². The summed E-state index contributed by atoms with van der Waals surface area (Å²) < 4.78 is 20.6. The Morgan fingerprint density at radius 2 is 1.92 bits per heavy atom. The standard InChI is InChI=1S/C19H15FN4O2/c20-13-5-1-2-6-15(13)22-18(25)9-24-17-8-4-3-7-16(17)23-19(24)12-10-26-11-14(12)21/h1-8,10-11H,9,21H2,(H,22,25). The quantitative estimate of drug-likeness (QED) is 0.588. The number of hydrogen-bond acceptors (Lipinski definition) is 4. The summed E-state index contributed by atoms with van der Waals surface area (Å²) in [6, 6.07) is 13.4. The number of para-hydroxylation sites is 3. The zero-order valence-corrected chi connectivity index (χ0v) is 13.6. The first kappa shape index (κ1) is 15.9. The van der Waals surface area contributed by atoms with Crippen molar-refractivity contribution in [2.24, 2.45) is 0 Å². The van der Waals surface area contributed by atoms with E-state index in [1.54, 1.807) is 16.7 Å². The molecule has 26 heavy (non-hydrogen) atoms. The summed E-state index contributed by atoms with van der Waals surface area (Å²) in [5.74, 6) is -0.349. The third-order valence-corrected chi connectivity index (χ3v) is 4.04. The molecule has 0 aliphatic rings. The monoisotopic (exact) mass is 350 g/mol. The summed E-state index contributed by atoms with van der Waals surface area (Å²) in [6.45, 7) is -0.0468. The number of anilines is 2. The fourth-order valence-corrected chi connectivity index (χ4v) is 2.83. The van der Waals surface area contributed by atoms with Crippen molar-refractivity contribution in [2.75, 3.05) is 11.1 Å². The van der Waals surface area contributed by atoms with Crippen molar-refractivity contribution in [3.05, 3.63) is 66.9 Å². The number of nitrogens with two attached hydrogens (primary N) is 1. The molecule has 130 valence electrons. The summed E-state index contributed by atoms with van der Waals surface area (Å²) in [7, 11) is 0. The maximum absolute atomic E-state index is 13.8. The highest BCUT2D eigenvalue weighted by Gasteiger charge is 2.18. The van der Waals surface area contributed by atoms with Gasteiger partial charge in [0.25, 0.3) is 0 Å². The third kappa shape index (κ3) is 2.79. The van der Waals surface area contributed by atoms with E-state index in [1.165, 1.54) is 24.7 Å². The number of furan rings is 1. The van der Waals surface area contributed by atoms with Crippen LogP contribution in [0, 0.1) is 5.82 Å². The Morgan fingerprint density at radius 3 is 2.69 bits per heavy atom. The molecule has 0 saturated heterocycles. The topological polar surface area (TPSA) is 86.1 Å². The lowest BCUT2D eigenvalue weighted by Gasteiger charge is -2.10. The number of rotatable bonds is 4. The van der Waals surface area contributed by atoms with Crippen LogP contribution in [0.2, 0.25) is 0 Å². The van der Waals surface area contributed by atoms with Crippen LogP contribution in [0.5, 0.6) is 0 Å². The summed E-state index contributed by atoms with van der Waals surface area (Å²) in [5, 5.41) is 2.58. The van der Waals surface area contributed by atoms with Crippen molar-refractivity contribution < 1.29 is 13.6 Å². The van der Waals surface area contributed by atoms with E-state index in [4.69, 9.17) is 10.2 Å². The van der Waals surface area contributed by atoms with Crippen LogP contribution >= 0.6 is 0 Å². The fraction of sp³-hybridized carbons (Fsp3) is 0.0526. The summed E-state index contributed by atoms with van der Waals surface area (Å²) in [5.41, 5.74) is 8.59. The number of carbonyl (C=O) groups excluding carboxylic acids is 1. The van der Waals surface area contributed by atoms with Crippen LogP contribution in [0.25, 0.3) is 22.4 Å². The number of nitrogen functional groups attached to an aromatic ring is 1. The summed E-state index contributed by atoms with van der Waals surface area (Å²) >= 11 is 0. The minimum Gasteiger partial charge on any atom is -0.470 e. The minimum atomic E-state index is -0.490. The van der Waals surface area contributed by atoms with Crippen LogP contribution in [-0.4, -0.2) is 15.5 Å². The van der Waals surface area contributed by atoms with Gasteiger partial charge in [0.15, 0.2) is 0 Å². The molecule has 6 nitrogen and oxygen atoms in total. The molecule has 2 aromatic carbocycles. The van der Waals surface area contributed by atoms with E-state index in [1.807, 2.05) is 24.3 Å². The Morgan fingerprint density at radius 1 is 1.15 bits per heavy atom. The number of hydrogen-bond donors (Lipinski definition) is 2. The van der Waals surface area contributed by atoms with Crippen LogP contribution in [-0.2, 0) is 11.3 Å². The Bertz CT molecular complexity index is 1100. The molecule has 3 N–H and O–H groups in total. The van der Waals surface area contributed by atoms with Crippen molar-refractivity contribution in [3.63, 3.8) is 0 Å². The van der Waals surface area contributed by atoms with Crippen LogP contribution in [0.3, 0.4) is 0 Å². The number of halogens is 1. The number of nitrogens with zero attached hydrogens (tertiary/aromatic N) is 2. The molecule has 0 unspecified atom stereocenters. The Kier molecular flexibility index (Phi) is 3.89. The molecule has 0 radical (unpaired) electrons. The van der Waals surface area contributed by atoms with Gasteiger partial charge in [-0.25, -0.2) is 9.37 Å². The van der Waals surface area contributed by atoms with E-state index in [0.717, 1.165) is 11.0 Å². The first-order valence-corrected chi connectivity index (χ1v) is 7.95. The Balaban J connectivity index is 1.72. The van der Waals surface area contributed by atoms with Gasteiger partial charge in [-0.05, 0) is 24.3 Å². The zero-order chi connectivity index (χ0) is 18.1.